The Morgan fingerprint density at radius 1 is 1.24 bits per heavy atom. The Labute approximate surface area is 149 Å². The summed E-state index contributed by atoms with van der Waals surface area (Å²) in [5.41, 5.74) is 1.26. The van der Waals surface area contributed by atoms with Gasteiger partial charge >= 0.3 is 0 Å². The first-order valence-corrected chi connectivity index (χ1v) is 8.52. The molecule has 0 spiro atoms. The minimum Gasteiger partial charge on any atom is -0.296 e. The van der Waals surface area contributed by atoms with Crippen LogP contribution in [0.4, 0.5) is 15.2 Å². The quantitative estimate of drug-likeness (QED) is 0.534. The minimum atomic E-state index is -0.598. The Bertz CT molecular complexity index is 934. The van der Waals surface area contributed by atoms with Crippen LogP contribution in [0.5, 0.6) is 0 Å². The first kappa shape index (κ1) is 17.0. The van der Waals surface area contributed by atoms with Crippen molar-refractivity contribution in [3.63, 3.8) is 0 Å². The van der Waals surface area contributed by atoms with E-state index in [0.717, 1.165) is 29.2 Å². The number of non-ortho nitro benzene ring substituents is 1. The van der Waals surface area contributed by atoms with Crippen molar-refractivity contribution in [3.05, 3.63) is 69.5 Å². The third-order valence-electron chi connectivity index (χ3n) is 3.06. The molecule has 0 saturated heterocycles. The average molecular weight is 376 g/mol. The number of carbonyl (C=O) groups excluding carboxylic acids is 1. The highest BCUT2D eigenvalue weighted by Crippen LogP contribution is 2.34. The molecule has 0 aliphatic rings. The van der Waals surface area contributed by atoms with Crippen LogP contribution in [0.2, 0.25) is 0 Å². The van der Waals surface area contributed by atoms with E-state index < -0.39 is 16.6 Å². The number of aromatic nitrogens is 2. The van der Waals surface area contributed by atoms with E-state index in [0.29, 0.717) is 9.79 Å². The standard InChI is InChI=1S/C15H9FN4O3S2/c16-11-3-1-2-4-13(11)25-12-6-5-9(20(22)23)7-10(12)14(21)18-15-19-17-8-24-15/h1-8H,(H,18,19,21). The van der Waals surface area contributed by atoms with E-state index in [9.17, 15) is 19.3 Å². The number of nitro benzene ring substituents is 1. The predicted octanol–water partition coefficient (Wildman–Crippen LogP) is 3.99. The molecule has 0 saturated carbocycles. The van der Waals surface area contributed by atoms with Gasteiger partial charge in [0.15, 0.2) is 0 Å². The number of nitro groups is 1. The first-order valence-electron chi connectivity index (χ1n) is 6.83. The van der Waals surface area contributed by atoms with Gasteiger partial charge in [0, 0.05) is 21.9 Å². The molecule has 10 heteroatoms. The van der Waals surface area contributed by atoms with Gasteiger partial charge in [-0.25, -0.2) is 4.39 Å². The summed E-state index contributed by atoms with van der Waals surface area (Å²) >= 11 is 2.13. The van der Waals surface area contributed by atoms with Crippen molar-refractivity contribution < 1.29 is 14.1 Å². The molecular formula is C15H9FN4O3S2. The zero-order valence-corrected chi connectivity index (χ0v) is 14.0. The average Bonchev–Trinajstić information content (AvgIpc) is 3.10. The Morgan fingerprint density at radius 2 is 2.04 bits per heavy atom. The lowest BCUT2D eigenvalue weighted by Crippen LogP contribution is -2.13. The van der Waals surface area contributed by atoms with Crippen molar-refractivity contribution in [1.29, 1.82) is 0 Å². The van der Waals surface area contributed by atoms with E-state index in [1.807, 2.05) is 0 Å². The molecule has 1 heterocycles. The molecule has 2 aromatic carbocycles. The van der Waals surface area contributed by atoms with Crippen molar-refractivity contribution >= 4 is 39.8 Å². The van der Waals surface area contributed by atoms with Crippen molar-refractivity contribution in [2.45, 2.75) is 9.79 Å². The van der Waals surface area contributed by atoms with E-state index in [-0.39, 0.29) is 16.4 Å². The van der Waals surface area contributed by atoms with Gasteiger partial charge in [-0.2, -0.15) is 0 Å². The highest BCUT2D eigenvalue weighted by molar-refractivity contribution is 7.99. The monoisotopic (exact) mass is 376 g/mol. The van der Waals surface area contributed by atoms with E-state index >= 15 is 0 Å². The maximum atomic E-state index is 13.9. The van der Waals surface area contributed by atoms with E-state index in [1.54, 1.807) is 18.2 Å². The lowest BCUT2D eigenvalue weighted by molar-refractivity contribution is -0.384. The van der Waals surface area contributed by atoms with Crippen LogP contribution in [0.25, 0.3) is 0 Å². The Balaban J connectivity index is 1.98. The van der Waals surface area contributed by atoms with Crippen molar-refractivity contribution in [2.75, 3.05) is 5.32 Å². The second kappa shape index (κ2) is 7.36. The molecule has 7 nitrogen and oxygen atoms in total. The van der Waals surface area contributed by atoms with Crippen molar-refractivity contribution in [3.8, 4) is 0 Å². The minimum absolute atomic E-state index is 0.0534. The van der Waals surface area contributed by atoms with Crippen LogP contribution in [0, 0.1) is 15.9 Å². The van der Waals surface area contributed by atoms with Gasteiger partial charge in [-0.05, 0) is 18.2 Å². The molecular weight excluding hydrogens is 367 g/mol. The van der Waals surface area contributed by atoms with Gasteiger partial charge in [-0.3, -0.25) is 20.2 Å². The fourth-order valence-electron chi connectivity index (χ4n) is 1.94. The number of rotatable bonds is 5. The number of halogens is 1. The number of amides is 1. The third-order valence-corrected chi connectivity index (χ3v) is 4.79. The summed E-state index contributed by atoms with van der Waals surface area (Å²) in [4.78, 5) is 23.6. The maximum absolute atomic E-state index is 13.9. The van der Waals surface area contributed by atoms with Gasteiger partial charge in [-0.1, -0.05) is 35.2 Å². The van der Waals surface area contributed by atoms with Crippen LogP contribution in [0.15, 0.2) is 57.8 Å². The summed E-state index contributed by atoms with van der Waals surface area (Å²) < 4.78 is 13.9. The largest absolute Gasteiger partial charge is 0.296 e. The highest BCUT2D eigenvalue weighted by Gasteiger charge is 2.19. The lowest BCUT2D eigenvalue weighted by atomic mass is 10.2. The lowest BCUT2D eigenvalue weighted by Gasteiger charge is -2.09. The molecule has 0 unspecified atom stereocenters. The highest BCUT2D eigenvalue weighted by atomic mass is 32.2. The summed E-state index contributed by atoms with van der Waals surface area (Å²) in [6, 6.07) is 9.92. The Kier molecular flexibility index (Phi) is 5.00. The van der Waals surface area contributed by atoms with Gasteiger partial charge in [0.25, 0.3) is 11.6 Å². The van der Waals surface area contributed by atoms with Crippen LogP contribution in [0.3, 0.4) is 0 Å². The second-order valence-electron chi connectivity index (χ2n) is 4.67. The van der Waals surface area contributed by atoms with E-state index in [2.05, 4.69) is 15.5 Å². The van der Waals surface area contributed by atoms with Crippen LogP contribution >= 0.6 is 23.1 Å². The Hall–Kier alpha value is -2.85. The van der Waals surface area contributed by atoms with Crippen LogP contribution in [-0.2, 0) is 0 Å². The van der Waals surface area contributed by atoms with Gasteiger partial charge in [0.1, 0.15) is 11.3 Å². The SMILES string of the molecule is O=C(Nc1nncs1)c1cc([N+](=O)[O-])ccc1Sc1ccccc1F. The number of anilines is 1. The third kappa shape index (κ3) is 3.98. The summed E-state index contributed by atoms with van der Waals surface area (Å²) in [5.74, 6) is -1.03. The summed E-state index contributed by atoms with van der Waals surface area (Å²) in [5, 5.41) is 21.1. The fourth-order valence-corrected chi connectivity index (χ4v) is 3.32. The molecule has 0 aliphatic heterocycles. The van der Waals surface area contributed by atoms with E-state index in [4.69, 9.17) is 0 Å². The molecule has 0 aliphatic carbocycles. The molecule has 0 atom stereocenters. The molecule has 1 aromatic heterocycles. The summed E-state index contributed by atoms with van der Waals surface area (Å²) in [6.07, 6.45) is 0. The van der Waals surface area contributed by atoms with Crippen molar-refractivity contribution in [2.24, 2.45) is 0 Å². The molecule has 0 radical (unpaired) electrons. The zero-order valence-electron chi connectivity index (χ0n) is 12.4. The molecule has 126 valence electrons. The topological polar surface area (TPSA) is 98.0 Å². The first-order chi connectivity index (χ1) is 12.0. The Morgan fingerprint density at radius 3 is 2.72 bits per heavy atom. The molecule has 25 heavy (non-hydrogen) atoms. The maximum Gasteiger partial charge on any atom is 0.270 e. The van der Waals surface area contributed by atoms with Gasteiger partial charge in [0.2, 0.25) is 5.13 Å². The molecule has 1 amide bonds. The summed E-state index contributed by atoms with van der Waals surface area (Å²) in [6.45, 7) is 0. The number of nitrogens with zero attached hydrogens (tertiary/aromatic N) is 3. The smallest absolute Gasteiger partial charge is 0.270 e. The predicted molar refractivity (Wildman–Crippen MR) is 91.5 cm³/mol. The van der Waals surface area contributed by atoms with Crippen LogP contribution < -0.4 is 5.32 Å². The van der Waals surface area contributed by atoms with Crippen LogP contribution in [-0.4, -0.2) is 21.0 Å². The molecule has 0 fully saturated rings. The van der Waals surface area contributed by atoms with Gasteiger partial charge in [-0.15, -0.1) is 10.2 Å². The summed E-state index contributed by atoms with van der Waals surface area (Å²) in [7, 11) is 0. The number of benzene rings is 2. The molecule has 1 N–H and O–H groups in total. The fraction of sp³-hybridized carbons (Fsp3) is 0. The molecule has 3 rings (SSSR count). The second-order valence-corrected chi connectivity index (χ2v) is 6.59. The van der Waals surface area contributed by atoms with E-state index in [1.165, 1.54) is 23.7 Å². The van der Waals surface area contributed by atoms with Crippen molar-refractivity contribution in [1.82, 2.24) is 10.2 Å². The number of nitrogens with one attached hydrogen (secondary N) is 1. The zero-order chi connectivity index (χ0) is 17.8. The number of hydrogen-bond donors (Lipinski definition) is 1. The molecule has 3 aromatic rings. The van der Waals surface area contributed by atoms with Gasteiger partial charge in [0.05, 0.1) is 10.5 Å². The van der Waals surface area contributed by atoms with Crippen LogP contribution in [0.1, 0.15) is 10.4 Å². The molecule has 0 bridgehead atoms. The van der Waals surface area contributed by atoms with Gasteiger partial charge < -0.3 is 0 Å². The number of hydrogen-bond acceptors (Lipinski definition) is 7. The number of carbonyl (C=O) groups is 1. The normalized spacial score (nSPS) is 10.4.